The highest BCUT2D eigenvalue weighted by molar-refractivity contribution is 7.80. The molecule has 6 nitrogen and oxygen atoms in total. The van der Waals surface area contributed by atoms with Crippen molar-refractivity contribution in [3.8, 4) is 0 Å². The van der Waals surface area contributed by atoms with Crippen molar-refractivity contribution in [3.63, 3.8) is 0 Å². The van der Waals surface area contributed by atoms with Gasteiger partial charge in [-0.25, -0.2) is 4.18 Å². The summed E-state index contributed by atoms with van der Waals surface area (Å²) in [6, 6.07) is 0. The quantitative estimate of drug-likeness (QED) is 0.498. The molecule has 0 saturated carbocycles. The fraction of sp³-hybridized carbons (Fsp3) is 1.00. The topological polar surface area (TPSA) is 108 Å². The van der Waals surface area contributed by atoms with Gasteiger partial charge >= 0.3 is 10.4 Å². The Labute approximate surface area is 123 Å². The molecule has 0 aliphatic carbocycles. The highest BCUT2D eigenvalue weighted by Gasteiger charge is 2.02. The molecule has 4 N–H and O–H groups in total. The Balaban J connectivity index is 0. The Hall–Kier alpha value is -0.210. The van der Waals surface area contributed by atoms with Crippen molar-refractivity contribution in [2.75, 3.05) is 19.8 Å². The third kappa shape index (κ3) is 20.1. The maximum atomic E-state index is 10.1. The monoisotopic (exact) mass is 313 g/mol. The standard InChI is InChI=1S/C9H20O4S.C4H8O.H3N/c1-2-3-4-5-6-7-8-9-13-14(10,11)12;1-2-4-5-3-1;/h2-9H2,1H3,(H,10,11,12);1-4H2;1H3. The van der Waals surface area contributed by atoms with Gasteiger partial charge in [-0.05, 0) is 19.3 Å². The molecule has 7 heteroatoms. The van der Waals surface area contributed by atoms with E-state index in [0.29, 0.717) is 6.42 Å². The lowest BCUT2D eigenvalue weighted by Gasteiger charge is -2.00. The first-order chi connectivity index (χ1) is 9.06. The fourth-order valence-electron chi connectivity index (χ4n) is 1.73. The Morgan fingerprint density at radius 2 is 1.50 bits per heavy atom. The number of rotatable bonds is 9. The van der Waals surface area contributed by atoms with E-state index in [0.717, 1.165) is 26.1 Å². The van der Waals surface area contributed by atoms with E-state index in [1.807, 2.05) is 0 Å². The Morgan fingerprint density at radius 1 is 1.00 bits per heavy atom. The molecule has 0 aromatic heterocycles. The van der Waals surface area contributed by atoms with Crippen LogP contribution < -0.4 is 6.15 Å². The van der Waals surface area contributed by atoms with Crippen LogP contribution in [-0.4, -0.2) is 32.8 Å². The number of ether oxygens (including phenoxy) is 1. The van der Waals surface area contributed by atoms with Gasteiger partial charge in [0.15, 0.2) is 0 Å². The summed E-state index contributed by atoms with van der Waals surface area (Å²) in [5.74, 6) is 0. The van der Waals surface area contributed by atoms with E-state index in [4.69, 9.17) is 9.29 Å². The molecule has 0 aromatic carbocycles. The van der Waals surface area contributed by atoms with Crippen LogP contribution >= 0.6 is 0 Å². The van der Waals surface area contributed by atoms with Crippen molar-refractivity contribution in [2.45, 2.75) is 64.7 Å². The SMILES string of the molecule is C1CCOC1.CCCCCCCCCOS(=O)(=O)O.N. The minimum absolute atomic E-state index is 0. The number of unbranched alkanes of at least 4 members (excludes halogenated alkanes) is 6. The van der Waals surface area contributed by atoms with Gasteiger partial charge in [0.05, 0.1) is 6.61 Å². The predicted octanol–water partition coefficient (Wildman–Crippen LogP) is 3.52. The van der Waals surface area contributed by atoms with Crippen molar-refractivity contribution in [3.05, 3.63) is 0 Å². The van der Waals surface area contributed by atoms with E-state index in [-0.39, 0.29) is 12.8 Å². The molecule has 0 amide bonds. The summed E-state index contributed by atoms with van der Waals surface area (Å²) in [7, 11) is -4.23. The van der Waals surface area contributed by atoms with Gasteiger partial charge in [0.2, 0.25) is 0 Å². The van der Waals surface area contributed by atoms with Crippen molar-refractivity contribution in [1.82, 2.24) is 6.15 Å². The lowest BCUT2D eigenvalue weighted by Crippen LogP contribution is -2.04. The van der Waals surface area contributed by atoms with E-state index < -0.39 is 10.4 Å². The molecule has 124 valence electrons. The zero-order chi connectivity index (χ0) is 14.4. The van der Waals surface area contributed by atoms with Gasteiger partial charge in [0.25, 0.3) is 0 Å². The summed E-state index contributed by atoms with van der Waals surface area (Å²) < 4.78 is 37.6. The third-order valence-corrected chi connectivity index (χ3v) is 3.27. The van der Waals surface area contributed by atoms with Gasteiger partial charge < -0.3 is 10.9 Å². The average Bonchev–Trinajstić information content (AvgIpc) is 2.90. The minimum atomic E-state index is -4.23. The molecule has 1 aliphatic heterocycles. The first kappa shape index (κ1) is 22.1. The van der Waals surface area contributed by atoms with E-state index in [1.165, 1.54) is 38.5 Å². The smallest absolute Gasteiger partial charge is 0.381 e. The Bertz CT molecular complexity index is 271. The molecular formula is C13H31NO5S. The first-order valence-corrected chi connectivity index (χ1v) is 8.62. The summed E-state index contributed by atoms with van der Waals surface area (Å²) in [5, 5.41) is 0. The summed E-state index contributed by atoms with van der Waals surface area (Å²) in [6.45, 7) is 4.26. The highest BCUT2D eigenvalue weighted by Crippen LogP contribution is 2.07. The Morgan fingerprint density at radius 3 is 1.90 bits per heavy atom. The van der Waals surface area contributed by atoms with E-state index in [2.05, 4.69) is 11.1 Å². The lowest BCUT2D eigenvalue weighted by atomic mass is 10.1. The third-order valence-electron chi connectivity index (χ3n) is 2.81. The lowest BCUT2D eigenvalue weighted by molar-refractivity contribution is 0.198. The molecule has 0 radical (unpaired) electrons. The number of hydrogen-bond acceptors (Lipinski definition) is 5. The van der Waals surface area contributed by atoms with Crippen LogP contribution in [0.1, 0.15) is 64.7 Å². The summed E-state index contributed by atoms with van der Waals surface area (Å²) >= 11 is 0. The highest BCUT2D eigenvalue weighted by atomic mass is 32.3. The molecule has 1 fully saturated rings. The summed E-state index contributed by atoms with van der Waals surface area (Å²) in [6.07, 6.45) is 10.2. The van der Waals surface area contributed by atoms with Crippen LogP contribution in [0.25, 0.3) is 0 Å². The van der Waals surface area contributed by atoms with Gasteiger partial charge in [0.1, 0.15) is 0 Å². The molecular weight excluding hydrogens is 282 g/mol. The van der Waals surface area contributed by atoms with Crippen LogP contribution in [0.15, 0.2) is 0 Å². The van der Waals surface area contributed by atoms with Crippen molar-refractivity contribution in [2.24, 2.45) is 0 Å². The van der Waals surface area contributed by atoms with Gasteiger partial charge in [-0.3, -0.25) is 4.55 Å². The van der Waals surface area contributed by atoms with Gasteiger partial charge in [-0.2, -0.15) is 8.42 Å². The Kier molecular flexibility index (Phi) is 16.8. The van der Waals surface area contributed by atoms with Gasteiger partial charge in [0, 0.05) is 13.2 Å². The normalized spacial score (nSPS) is 14.3. The predicted molar refractivity (Wildman–Crippen MR) is 80.6 cm³/mol. The second-order valence-corrected chi connectivity index (χ2v) is 5.78. The van der Waals surface area contributed by atoms with Crippen LogP contribution in [0, 0.1) is 0 Å². The van der Waals surface area contributed by atoms with Gasteiger partial charge in [-0.15, -0.1) is 0 Å². The summed E-state index contributed by atoms with van der Waals surface area (Å²) in [5.41, 5.74) is 0. The van der Waals surface area contributed by atoms with E-state index >= 15 is 0 Å². The van der Waals surface area contributed by atoms with Crippen molar-refractivity contribution in [1.29, 1.82) is 0 Å². The van der Waals surface area contributed by atoms with Crippen molar-refractivity contribution >= 4 is 10.4 Å². The van der Waals surface area contributed by atoms with Crippen molar-refractivity contribution < 1.29 is 21.9 Å². The van der Waals surface area contributed by atoms with Gasteiger partial charge in [-0.1, -0.05) is 45.4 Å². The fourth-order valence-corrected chi connectivity index (χ4v) is 2.06. The molecule has 0 aromatic rings. The molecule has 0 atom stereocenters. The van der Waals surface area contributed by atoms with Crippen LogP contribution in [0.3, 0.4) is 0 Å². The maximum Gasteiger partial charge on any atom is 0.397 e. The van der Waals surface area contributed by atoms with Crippen LogP contribution in [0.5, 0.6) is 0 Å². The van der Waals surface area contributed by atoms with Crippen LogP contribution in [0.4, 0.5) is 0 Å². The minimum Gasteiger partial charge on any atom is -0.381 e. The second kappa shape index (κ2) is 15.2. The molecule has 1 rings (SSSR count). The van der Waals surface area contributed by atoms with E-state index in [1.54, 1.807) is 0 Å². The molecule has 1 saturated heterocycles. The molecule has 0 unspecified atom stereocenters. The first-order valence-electron chi connectivity index (χ1n) is 7.26. The second-order valence-electron chi connectivity index (χ2n) is 4.69. The zero-order valence-electron chi connectivity index (χ0n) is 12.7. The van der Waals surface area contributed by atoms with Crippen LogP contribution in [0.2, 0.25) is 0 Å². The summed E-state index contributed by atoms with van der Waals surface area (Å²) in [4.78, 5) is 0. The molecule has 0 spiro atoms. The largest absolute Gasteiger partial charge is 0.397 e. The molecule has 1 aliphatic rings. The average molecular weight is 313 g/mol. The molecule has 0 bridgehead atoms. The molecule has 20 heavy (non-hydrogen) atoms. The number of hydrogen-bond donors (Lipinski definition) is 2. The maximum absolute atomic E-state index is 10.1. The van der Waals surface area contributed by atoms with E-state index in [9.17, 15) is 8.42 Å². The van der Waals surface area contributed by atoms with Crippen LogP contribution in [-0.2, 0) is 19.3 Å². The zero-order valence-corrected chi connectivity index (χ0v) is 13.5. The molecule has 1 heterocycles.